The maximum Gasteiger partial charge on any atom is 0.348 e. The molecule has 140 valence electrons. The van der Waals surface area contributed by atoms with Crippen LogP contribution in [-0.2, 0) is 19.0 Å². The molecule has 0 aromatic carbocycles. The number of carbonyl (C=O) groups excluding carboxylic acids is 3. The highest BCUT2D eigenvalue weighted by atomic mass is 32.1. The lowest BCUT2D eigenvalue weighted by atomic mass is 9.96. The van der Waals surface area contributed by atoms with Crippen LogP contribution in [0.15, 0.2) is 0 Å². The van der Waals surface area contributed by atoms with Crippen LogP contribution in [0.25, 0.3) is 0 Å². The Kier molecular flexibility index (Phi) is 7.57. The first kappa shape index (κ1) is 21.1. The quantitative estimate of drug-likeness (QED) is 0.585. The average molecular weight is 371 g/mol. The van der Waals surface area contributed by atoms with Crippen LogP contribution in [0.5, 0.6) is 0 Å². The molecule has 1 amide bonds. The number of hydrogen-bond acceptors (Lipinski definition) is 7. The zero-order valence-corrected chi connectivity index (χ0v) is 16.3. The van der Waals surface area contributed by atoms with Crippen molar-refractivity contribution in [2.75, 3.05) is 32.2 Å². The second-order valence-electron chi connectivity index (χ2n) is 6.31. The Hall–Kier alpha value is -1.93. The number of ether oxygens (including phenoxy) is 3. The van der Waals surface area contributed by atoms with Gasteiger partial charge in [-0.25, -0.2) is 9.59 Å². The zero-order valence-electron chi connectivity index (χ0n) is 15.5. The minimum Gasteiger partial charge on any atom is -0.462 e. The monoisotopic (exact) mass is 371 g/mol. The number of methoxy groups -OCH3 is 1. The van der Waals surface area contributed by atoms with E-state index in [9.17, 15) is 14.4 Å². The molecule has 1 aromatic heterocycles. The Bertz CT molecular complexity index is 644. The van der Waals surface area contributed by atoms with Crippen molar-refractivity contribution in [3.8, 4) is 0 Å². The van der Waals surface area contributed by atoms with Crippen molar-refractivity contribution >= 4 is 34.2 Å². The van der Waals surface area contributed by atoms with Crippen molar-refractivity contribution < 1.29 is 28.6 Å². The van der Waals surface area contributed by atoms with Gasteiger partial charge < -0.3 is 19.5 Å². The average Bonchev–Trinajstić information content (AvgIpc) is 2.83. The summed E-state index contributed by atoms with van der Waals surface area (Å²) in [6, 6.07) is 0. The van der Waals surface area contributed by atoms with Gasteiger partial charge in [-0.1, -0.05) is 20.8 Å². The highest BCUT2D eigenvalue weighted by molar-refractivity contribution is 7.18. The summed E-state index contributed by atoms with van der Waals surface area (Å²) >= 11 is 1.00. The Balaban J connectivity index is 3.20. The number of rotatable bonds is 7. The molecule has 0 aliphatic heterocycles. The normalized spacial score (nSPS) is 11.1. The van der Waals surface area contributed by atoms with Crippen molar-refractivity contribution in [1.29, 1.82) is 0 Å². The molecule has 0 fully saturated rings. The third-order valence-corrected chi connectivity index (χ3v) is 4.43. The van der Waals surface area contributed by atoms with Crippen LogP contribution in [0.2, 0.25) is 0 Å². The molecule has 8 heteroatoms. The van der Waals surface area contributed by atoms with Gasteiger partial charge in [-0.15, -0.1) is 11.3 Å². The van der Waals surface area contributed by atoms with Gasteiger partial charge in [0, 0.05) is 12.5 Å². The van der Waals surface area contributed by atoms with E-state index in [1.807, 2.05) is 0 Å². The van der Waals surface area contributed by atoms with Crippen molar-refractivity contribution in [2.45, 2.75) is 34.6 Å². The van der Waals surface area contributed by atoms with Crippen LogP contribution in [0.4, 0.5) is 5.00 Å². The molecule has 0 radical (unpaired) electrons. The largest absolute Gasteiger partial charge is 0.462 e. The van der Waals surface area contributed by atoms with Gasteiger partial charge in [-0.3, -0.25) is 4.79 Å². The molecular formula is C17H25NO6S. The lowest BCUT2D eigenvalue weighted by Crippen LogP contribution is -2.28. The topological polar surface area (TPSA) is 90.9 Å². The summed E-state index contributed by atoms with van der Waals surface area (Å²) in [5.74, 6) is -1.42. The van der Waals surface area contributed by atoms with E-state index in [2.05, 4.69) is 5.32 Å². The predicted octanol–water partition coefficient (Wildman–Crippen LogP) is 3.02. The summed E-state index contributed by atoms with van der Waals surface area (Å²) in [6.45, 7) is 9.15. The third kappa shape index (κ3) is 5.54. The van der Waals surface area contributed by atoms with E-state index in [4.69, 9.17) is 14.2 Å². The fourth-order valence-electron chi connectivity index (χ4n) is 1.82. The Morgan fingerprint density at radius 1 is 1.08 bits per heavy atom. The van der Waals surface area contributed by atoms with E-state index in [1.165, 1.54) is 7.11 Å². The van der Waals surface area contributed by atoms with Gasteiger partial charge in [0.1, 0.15) is 16.5 Å². The van der Waals surface area contributed by atoms with Gasteiger partial charge >= 0.3 is 11.9 Å². The molecule has 1 N–H and O–H groups in total. The summed E-state index contributed by atoms with van der Waals surface area (Å²) in [4.78, 5) is 37.0. The van der Waals surface area contributed by atoms with Crippen LogP contribution in [0.1, 0.15) is 53.3 Å². The molecule has 1 rings (SSSR count). The standard InChI is InChI=1S/C17H25NO6S/c1-7-23-14(19)11-10(2)12(15(20)24-9-8-22-6)25-13(11)18-16(21)17(3,4)5/h7-9H2,1-6H3,(H,18,21). The Labute approximate surface area is 151 Å². The molecule has 1 heterocycles. The molecule has 1 aromatic rings. The fourth-order valence-corrected chi connectivity index (χ4v) is 2.90. The summed E-state index contributed by atoms with van der Waals surface area (Å²) in [6.07, 6.45) is 0. The minimum absolute atomic E-state index is 0.102. The Morgan fingerprint density at radius 2 is 1.72 bits per heavy atom. The number of amides is 1. The van der Waals surface area contributed by atoms with Crippen molar-refractivity contribution in [1.82, 2.24) is 0 Å². The van der Waals surface area contributed by atoms with Crippen molar-refractivity contribution in [3.05, 3.63) is 16.0 Å². The van der Waals surface area contributed by atoms with Crippen LogP contribution in [-0.4, -0.2) is 44.8 Å². The minimum atomic E-state index is -0.650. The smallest absolute Gasteiger partial charge is 0.348 e. The fraction of sp³-hybridized carbons (Fsp3) is 0.588. The molecule has 7 nitrogen and oxygen atoms in total. The highest BCUT2D eigenvalue weighted by Crippen LogP contribution is 2.35. The van der Waals surface area contributed by atoms with Crippen molar-refractivity contribution in [2.24, 2.45) is 5.41 Å². The maximum absolute atomic E-state index is 12.3. The van der Waals surface area contributed by atoms with Crippen LogP contribution in [0, 0.1) is 12.3 Å². The predicted molar refractivity (Wildman–Crippen MR) is 95.3 cm³/mol. The van der Waals surface area contributed by atoms with Gasteiger partial charge in [0.05, 0.1) is 18.8 Å². The van der Waals surface area contributed by atoms with Crippen molar-refractivity contribution in [3.63, 3.8) is 0 Å². The third-order valence-electron chi connectivity index (χ3n) is 3.24. The van der Waals surface area contributed by atoms with E-state index in [1.54, 1.807) is 34.6 Å². The summed E-state index contributed by atoms with van der Waals surface area (Å²) < 4.78 is 15.0. The Morgan fingerprint density at radius 3 is 2.24 bits per heavy atom. The number of carbonyl (C=O) groups is 3. The molecule has 25 heavy (non-hydrogen) atoms. The van der Waals surface area contributed by atoms with E-state index in [-0.39, 0.29) is 41.2 Å². The maximum atomic E-state index is 12.3. The number of anilines is 1. The molecular weight excluding hydrogens is 346 g/mol. The number of hydrogen-bond donors (Lipinski definition) is 1. The summed E-state index contributed by atoms with van der Waals surface area (Å²) in [5, 5.41) is 3.01. The van der Waals surface area contributed by atoms with Gasteiger partial charge in [-0.05, 0) is 19.4 Å². The van der Waals surface area contributed by atoms with E-state index in [0.29, 0.717) is 5.56 Å². The SMILES string of the molecule is CCOC(=O)c1c(NC(=O)C(C)(C)C)sc(C(=O)OCCOC)c1C. The first-order valence-electron chi connectivity index (χ1n) is 7.91. The van der Waals surface area contributed by atoms with Gasteiger partial charge in [0.25, 0.3) is 0 Å². The molecule has 0 bridgehead atoms. The first-order valence-corrected chi connectivity index (χ1v) is 8.73. The molecule has 0 saturated carbocycles. The van der Waals surface area contributed by atoms with Crippen LogP contribution < -0.4 is 5.32 Å². The number of esters is 2. The molecule has 0 atom stereocenters. The lowest BCUT2D eigenvalue weighted by molar-refractivity contribution is -0.123. The van der Waals surface area contributed by atoms with Gasteiger partial charge in [0.15, 0.2) is 0 Å². The molecule has 0 aliphatic carbocycles. The van der Waals surface area contributed by atoms with E-state index < -0.39 is 17.4 Å². The first-order chi connectivity index (χ1) is 11.6. The van der Waals surface area contributed by atoms with E-state index >= 15 is 0 Å². The summed E-state index contributed by atoms with van der Waals surface area (Å²) in [7, 11) is 1.50. The zero-order chi connectivity index (χ0) is 19.2. The molecule has 0 saturated heterocycles. The molecule has 0 spiro atoms. The summed E-state index contributed by atoms with van der Waals surface area (Å²) in [5.41, 5.74) is -0.0404. The highest BCUT2D eigenvalue weighted by Gasteiger charge is 2.29. The van der Waals surface area contributed by atoms with Crippen LogP contribution in [0.3, 0.4) is 0 Å². The van der Waals surface area contributed by atoms with Gasteiger partial charge in [-0.2, -0.15) is 0 Å². The lowest BCUT2D eigenvalue weighted by Gasteiger charge is -2.17. The van der Waals surface area contributed by atoms with E-state index in [0.717, 1.165) is 11.3 Å². The second kappa shape index (κ2) is 8.96. The number of nitrogens with one attached hydrogen (secondary N) is 1. The molecule has 0 aliphatic rings. The van der Waals surface area contributed by atoms with Gasteiger partial charge in [0.2, 0.25) is 5.91 Å². The van der Waals surface area contributed by atoms with Crippen LogP contribution >= 0.6 is 11.3 Å². The second-order valence-corrected chi connectivity index (χ2v) is 7.33. The number of thiophene rings is 1. The molecule has 0 unspecified atom stereocenters.